The van der Waals surface area contributed by atoms with Gasteiger partial charge in [0.2, 0.25) is 0 Å². The van der Waals surface area contributed by atoms with Gasteiger partial charge < -0.3 is 9.94 Å². The SMILES string of the molecule is COC(=O)c1cccc(C(Cl)=NO)c1Cl. The maximum absolute atomic E-state index is 11.2. The Morgan fingerprint density at radius 3 is 2.60 bits per heavy atom. The summed E-state index contributed by atoms with van der Waals surface area (Å²) < 4.78 is 4.52. The highest BCUT2D eigenvalue weighted by Gasteiger charge is 2.15. The summed E-state index contributed by atoms with van der Waals surface area (Å²) in [6.45, 7) is 0. The lowest BCUT2D eigenvalue weighted by molar-refractivity contribution is 0.0601. The molecule has 0 spiro atoms. The lowest BCUT2D eigenvalue weighted by atomic mass is 10.1. The lowest BCUT2D eigenvalue weighted by Crippen LogP contribution is -2.05. The molecule has 4 nitrogen and oxygen atoms in total. The molecule has 1 aromatic rings. The highest BCUT2D eigenvalue weighted by molar-refractivity contribution is 6.70. The topological polar surface area (TPSA) is 58.9 Å². The molecule has 0 aliphatic rings. The Bertz CT molecular complexity index is 418. The number of rotatable bonds is 2. The van der Waals surface area contributed by atoms with E-state index in [0.29, 0.717) is 0 Å². The van der Waals surface area contributed by atoms with Crippen LogP contribution in [-0.4, -0.2) is 23.5 Å². The standard InChI is InChI=1S/C9H7Cl2NO3/c1-15-9(13)6-4-2-3-5(7(6)10)8(11)12-14/h2-4,14H,1H3. The predicted octanol–water partition coefficient (Wildman–Crippen LogP) is 2.50. The molecule has 0 heterocycles. The van der Waals surface area contributed by atoms with Gasteiger partial charge in [-0.25, -0.2) is 4.79 Å². The number of hydrogen-bond donors (Lipinski definition) is 1. The monoisotopic (exact) mass is 247 g/mol. The normalized spacial score (nSPS) is 11.3. The zero-order valence-corrected chi connectivity index (χ0v) is 9.21. The summed E-state index contributed by atoms with van der Waals surface area (Å²) in [6.07, 6.45) is 0. The van der Waals surface area contributed by atoms with E-state index in [1.54, 1.807) is 6.07 Å². The van der Waals surface area contributed by atoms with E-state index in [1.807, 2.05) is 0 Å². The largest absolute Gasteiger partial charge is 0.465 e. The van der Waals surface area contributed by atoms with Crippen LogP contribution in [0.15, 0.2) is 23.4 Å². The number of benzene rings is 1. The minimum atomic E-state index is -0.579. The van der Waals surface area contributed by atoms with Crippen molar-refractivity contribution >= 4 is 34.3 Å². The Morgan fingerprint density at radius 2 is 2.07 bits per heavy atom. The van der Waals surface area contributed by atoms with Crippen molar-refractivity contribution in [3.8, 4) is 0 Å². The molecule has 1 rings (SSSR count). The summed E-state index contributed by atoms with van der Waals surface area (Å²) in [5.74, 6) is -0.579. The quantitative estimate of drug-likeness (QED) is 0.378. The maximum atomic E-state index is 11.2. The van der Waals surface area contributed by atoms with E-state index >= 15 is 0 Å². The Morgan fingerprint density at radius 1 is 1.47 bits per heavy atom. The van der Waals surface area contributed by atoms with Crippen molar-refractivity contribution in [2.45, 2.75) is 0 Å². The third kappa shape index (κ3) is 2.40. The van der Waals surface area contributed by atoms with Crippen LogP contribution in [0.2, 0.25) is 5.02 Å². The van der Waals surface area contributed by atoms with Crippen molar-refractivity contribution in [3.05, 3.63) is 34.3 Å². The van der Waals surface area contributed by atoms with Crippen LogP contribution in [0.5, 0.6) is 0 Å². The lowest BCUT2D eigenvalue weighted by Gasteiger charge is -2.05. The number of methoxy groups -OCH3 is 1. The summed E-state index contributed by atoms with van der Waals surface area (Å²) in [5, 5.41) is 11.2. The molecule has 0 radical (unpaired) electrons. The molecule has 1 aromatic carbocycles. The zero-order chi connectivity index (χ0) is 11.4. The van der Waals surface area contributed by atoms with E-state index in [4.69, 9.17) is 28.4 Å². The fourth-order valence-electron chi connectivity index (χ4n) is 1.01. The summed E-state index contributed by atoms with van der Waals surface area (Å²) in [7, 11) is 1.24. The summed E-state index contributed by atoms with van der Waals surface area (Å²) in [6, 6.07) is 4.57. The van der Waals surface area contributed by atoms with E-state index in [2.05, 4.69) is 9.89 Å². The van der Waals surface area contributed by atoms with E-state index in [-0.39, 0.29) is 21.3 Å². The van der Waals surface area contributed by atoms with Gasteiger partial charge in [-0.3, -0.25) is 0 Å². The zero-order valence-electron chi connectivity index (χ0n) is 7.70. The van der Waals surface area contributed by atoms with Crippen LogP contribution in [-0.2, 0) is 4.74 Å². The van der Waals surface area contributed by atoms with Crippen molar-refractivity contribution in [2.24, 2.45) is 5.16 Å². The van der Waals surface area contributed by atoms with Crippen LogP contribution < -0.4 is 0 Å². The molecular weight excluding hydrogens is 241 g/mol. The predicted molar refractivity (Wildman–Crippen MR) is 57.0 cm³/mol. The third-order valence-corrected chi connectivity index (χ3v) is 2.40. The van der Waals surface area contributed by atoms with Gasteiger partial charge in [-0.2, -0.15) is 0 Å². The second kappa shape index (κ2) is 5.00. The van der Waals surface area contributed by atoms with Gasteiger partial charge in [-0.05, 0) is 6.07 Å². The number of carbonyl (C=O) groups is 1. The number of hydrogen-bond acceptors (Lipinski definition) is 4. The Balaban J connectivity index is 3.29. The first-order valence-corrected chi connectivity index (χ1v) is 4.62. The van der Waals surface area contributed by atoms with Crippen molar-refractivity contribution in [1.82, 2.24) is 0 Å². The number of carbonyl (C=O) groups excluding carboxylic acids is 1. The average Bonchev–Trinajstić information content (AvgIpc) is 2.27. The van der Waals surface area contributed by atoms with Crippen LogP contribution >= 0.6 is 23.2 Å². The Hall–Kier alpha value is -1.26. The molecule has 0 amide bonds. The van der Waals surface area contributed by atoms with Gasteiger partial charge in [0.05, 0.1) is 17.7 Å². The molecule has 0 unspecified atom stereocenters. The number of oxime groups is 1. The Labute approximate surface area is 96.1 Å². The second-order valence-electron chi connectivity index (χ2n) is 2.55. The molecule has 80 valence electrons. The second-order valence-corrected chi connectivity index (χ2v) is 3.29. The van der Waals surface area contributed by atoms with Gasteiger partial charge in [0.25, 0.3) is 0 Å². The molecule has 0 aromatic heterocycles. The average molecular weight is 248 g/mol. The van der Waals surface area contributed by atoms with Crippen LogP contribution in [0.25, 0.3) is 0 Å². The highest BCUT2D eigenvalue weighted by atomic mass is 35.5. The molecule has 0 fully saturated rings. The summed E-state index contributed by atoms with van der Waals surface area (Å²) in [5.41, 5.74) is 0.433. The molecule has 0 atom stereocenters. The molecular formula is C9H7Cl2NO3. The van der Waals surface area contributed by atoms with Crippen LogP contribution in [0.4, 0.5) is 0 Å². The third-order valence-electron chi connectivity index (χ3n) is 1.71. The molecule has 15 heavy (non-hydrogen) atoms. The van der Waals surface area contributed by atoms with Gasteiger partial charge in [0.15, 0.2) is 5.17 Å². The van der Waals surface area contributed by atoms with Gasteiger partial charge in [-0.1, -0.05) is 40.5 Å². The molecule has 0 saturated heterocycles. The fraction of sp³-hybridized carbons (Fsp3) is 0.111. The molecule has 0 saturated carbocycles. The summed E-state index contributed by atoms with van der Waals surface area (Å²) in [4.78, 5) is 11.2. The maximum Gasteiger partial charge on any atom is 0.339 e. The van der Waals surface area contributed by atoms with Crippen LogP contribution in [0, 0.1) is 0 Å². The van der Waals surface area contributed by atoms with E-state index in [9.17, 15) is 4.79 Å². The van der Waals surface area contributed by atoms with E-state index in [0.717, 1.165) is 0 Å². The number of ether oxygens (including phenoxy) is 1. The van der Waals surface area contributed by atoms with Crippen molar-refractivity contribution in [3.63, 3.8) is 0 Å². The van der Waals surface area contributed by atoms with Crippen LogP contribution in [0.3, 0.4) is 0 Å². The highest BCUT2D eigenvalue weighted by Crippen LogP contribution is 2.23. The van der Waals surface area contributed by atoms with Crippen molar-refractivity contribution < 1.29 is 14.7 Å². The van der Waals surface area contributed by atoms with Crippen molar-refractivity contribution in [2.75, 3.05) is 7.11 Å². The number of nitrogens with zero attached hydrogens (tertiary/aromatic N) is 1. The van der Waals surface area contributed by atoms with Gasteiger partial charge >= 0.3 is 5.97 Å². The van der Waals surface area contributed by atoms with E-state index < -0.39 is 5.97 Å². The van der Waals surface area contributed by atoms with Gasteiger partial charge in [-0.15, -0.1) is 0 Å². The Kier molecular flexibility index (Phi) is 3.94. The molecule has 0 aliphatic carbocycles. The first-order valence-electron chi connectivity index (χ1n) is 3.86. The number of esters is 1. The smallest absolute Gasteiger partial charge is 0.339 e. The van der Waals surface area contributed by atoms with E-state index in [1.165, 1.54) is 19.2 Å². The molecule has 6 heteroatoms. The van der Waals surface area contributed by atoms with Crippen molar-refractivity contribution in [1.29, 1.82) is 0 Å². The minimum Gasteiger partial charge on any atom is -0.465 e. The van der Waals surface area contributed by atoms with Gasteiger partial charge in [0, 0.05) is 5.56 Å². The van der Waals surface area contributed by atoms with Crippen LogP contribution in [0.1, 0.15) is 15.9 Å². The summed E-state index contributed by atoms with van der Waals surface area (Å²) >= 11 is 11.5. The molecule has 0 aliphatic heterocycles. The fourth-order valence-corrected chi connectivity index (χ4v) is 1.51. The first-order chi connectivity index (χ1) is 7.11. The first kappa shape index (κ1) is 11.8. The number of halogens is 2. The molecule has 1 N–H and O–H groups in total. The molecule has 0 bridgehead atoms. The van der Waals surface area contributed by atoms with Gasteiger partial charge in [0.1, 0.15) is 0 Å². The minimum absolute atomic E-state index is 0.0900.